The van der Waals surface area contributed by atoms with E-state index in [1.54, 1.807) is 6.92 Å². The molecule has 1 aromatic carbocycles. The average molecular weight is 324 g/mol. The summed E-state index contributed by atoms with van der Waals surface area (Å²) in [6.07, 6.45) is 0.550. The normalized spacial score (nSPS) is 12.9. The number of hydrogen-bond donors (Lipinski definition) is 3. The lowest BCUT2D eigenvalue weighted by Crippen LogP contribution is -2.32. The van der Waals surface area contributed by atoms with Crippen LogP contribution in [0.2, 0.25) is 5.02 Å². The van der Waals surface area contributed by atoms with Crippen LogP contribution in [0, 0.1) is 0 Å². The van der Waals surface area contributed by atoms with Gasteiger partial charge in [0.25, 0.3) is 5.56 Å². The van der Waals surface area contributed by atoms with Crippen LogP contribution in [-0.4, -0.2) is 36.2 Å². The molecule has 0 saturated heterocycles. The van der Waals surface area contributed by atoms with Crippen LogP contribution in [0.25, 0.3) is 0 Å². The summed E-state index contributed by atoms with van der Waals surface area (Å²) in [7, 11) is -4.49. The largest absolute Gasteiger partial charge is 0.478 e. The first-order valence-electron chi connectivity index (χ1n) is 5.63. The Hall–Kier alpha value is -1.35. The quantitative estimate of drug-likeness (QED) is 0.520. The molecule has 112 valence electrons. The second-order valence-corrected chi connectivity index (χ2v) is 5.73. The number of benzene rings is 1. The summed E-state index contributed by atoms with van der Waals surface area (Å²) in [4.78, 5) is 10.9. The summed E-state index contributed by atoms with van der Waals surface area (Å²) in [5.74, 6) is -1.25. The van der Waals surface area contributed by atoms with Crippen LogP contribution in [-0.2, 0) is 14.9 Å². The molecule has 0 bridgehead atoms. The number of carboxylic acids is 1. The van der Waals surface area contributed by atoms with Crippen LogP contribution in [0.4, 0.5) is 5.69 Å². The lowest BCUT2D eigenvalue weighted by Gasteiger charge is -2.17. The monoisotopic (exact) mass is 323 g/mol. The minimum Gasteiger partial charge on any atom is -0.478 e. The summed E-state index contributed by atoms with van der Waals surface area (Å²) in [6, 6.07) is 3.83. The van der Waals surface area contributed by atoms with E-state index in [1.165, 1.54) is 12.1 Å². The SMILES string of the molecule is CCCOC(Nc1ccc(Cl)c(C(=O)O)c1)S(=O)(=O)O. The van der Waals surface area contributed by atoms with E-state index in [-0.39, 0.29) is 22.9 Å². The van der Waals surface area contributed by atoms with Crippen molar-refractivity contribution in [1.82, 2.24) is 0 Å². The van der Waals surface area contributed by atoms with Gasteiger partial charge in [0.2, 0.25) is 0 Å². The molecular weight excluding hydrogens is 310 g/mol. The third kappa shape index (κ3) is 4.64. The van der Waals surface area contributed by atoms with E-state index in [2.05, 4.69) is 5.32 Å². The van der Waals surface area contributed by atoms with Gasteiger partial charge in [-0.2, -0.15) is 8.42 Å². The Bertz CT molecular complexity index is 589. The molecule has 9 heteroatoms. The van der Waals surface area contributed by atoms with Crippen LogP contribution < -0.4 is 5.32 Å². The van der Waals surface area contributed by atoms with E-state index < -0.39 is 21.6 Å². The Kier molecular flexibility index (Phi) is 5.75. The third-order valence-electron chi connectivity index (χ3n) is 2.23. The summed E-state index contributed by atoms with van der Waals surface area (Å²) >= 11 is 5.69. The maximum absolute atomic E-state index is 11.2. The third-order valence-corrected chi connectivity index (χ3v) is 3.35. The molecule has 0 aliphatic rings. The van der Waals surface area contributed by atoms with Gasteiger partial charge in [-0.15, -0.1) is 0 Å². The van der Waals surface area contributed by atoms with Crippen LogP contribution in [0.3, 0.4) is 0 Å². The highest BCUT2D eigenvalue weighted by molar-refractivity contribution is 7.86. The van der Waals surface area contributed by atoms with Gasteiger partial charge in [0, 0.05) is 5.69 Å². The first-order valence-corrected chi connectivity index (χ1v) is 7.51. The Labute approximate surface area is 121 Å². The lowest BCUT2D eigenvalue weighted by atomic mass is 10.2. The number of hydrogen-bond acceptors (Lipinski definition) is 5. The Balaban J connectivity index is 2.99. The van der Waals surface area contributed by atoms with E-state index in [0.717, 1.165) is 6.07 Å². The zero-order chi connectivity index (χ0) is 15.3. The molecule has 0 aliphatic heterocycles. The van der Waals surface area contributed by atoms with Gasteiger partial charge in [-0.25, -0.2) is 4.79 Å². The number of rotatable bonds is 7. The van der Waals surface area contributed by atoms with Gasteiger partial charge >= 0.3 is 16.1 Å². The van der Waals surface area contributed by atoms with Crippen molar-refractivity contribution >= 4 is 33.4 Å². The fraction of sp³-hybridized carbons (Fsp3) is 0.364. The van der Waals surface area contributed by atoms with E-state index in [1.807, 2.05) is 0 Å². The van der Waals surface area contributed by atoms with Crippen LogP contribution in [0.15, 0.2) is 18.2 Å². The molecule has 1 rings (SSSR count). The fourth-order valence-corrected chi connectivity index (χ4v) is 2.09. The summed E-state index contributed by atoms with van der Waals surface area (Å²) in [6.45, 7) is 1.88. The van der Waals surface area contributed by atoms with Gasteiger partial charge < -0.3 is 15.2 Å². The number of carboxylic acid groups (broad SMARTS) is 1. The van der Waals surface area contributed by atoms with E-state index in [4.69, 9.17) is 26.0 Å². The second-order valence-electron chi connectivity index (χ2n) is 3.86. The maximum Gasteiger partial charge on any atom is 0.337 e. The van der Waals surface area contributed by atoms with Gasteiger partial charge in [0.05, 0.1) is 17.2 Å². The molecular formula is C11H14ClNO6S. The number of carbonyl (C=O) groups is 1. The summed E-state index contributed by atoms with van der Waals surface area (Å²) in [5.41, 5.74) is -1.72. The molecule has 0 amide bonds. The van der Waals surface area contributed by atoms with Crippen LogP contribution >= 0.6 is 11.6 Å². The molecule has 0 aliphatic carbocycles. The van der Waals surface area contributed by atoms with Crippen molar-refractivity contribution in [1.29, 1.82) is 0 Å². The van der Waals surface area contributed by atoms with Gasteiger partial charge in [-0.1, -0.05) is 18.5 Å². The van der Waals surface area contributed by atoms with Crippen molar-refractivity contribution in [3.8, 4) is 0 Å². The molecule has 0 radical (unpaired) electrons. The highest BCUT2D eigenvalue weighted by Gasteiger charge is 2.24. The number of nitrogens with one attached hydrogen (secondary N) is 1. The maximum atomic E-state index is 11.2. The highest BCUT2D eigenvalue weighted by atomic mass is 35.5. The topological polar surface area (TPSA) is 113 Å². The fourth-order valence-electron chi connectivity index (χ4n) is 1.34. The lowest BCUT2D eigenvalue weighted by molar-refractivity contribution is 0.0697. The van der Waals surface area contributed by atoms with Crippen LogP contribution in [0.5, 0.6) is 0 Å². The highest BCUT2D eigenvalue weighted by Crippen LogP contribution is 2.22. The van der Waals surface area contributed by atoms with Gasteiger partial charge in [0.1, 0.15) is 0 Å². The molecule has 7 nitrogen and oxygen atoms in total. The van der Waals surface area contributed by atoms with Gasteiger partial charge in [-0.3, -0.25) is 4.55 Å². The Morgan fingerprint density at radius 2 is 2.15 bits per heavy atom. The van der Waals surface area contributed by atoms with Crippen molar-refractivity contribution in [2.24, 2.45) is 0 Å². The molecule has 0 heterocycles. The molecule has 1 atom stereocenters. The first kappa shape index (κ1) is 16.7. The second kappa shape index (κ2) is 6.89. The van der Waals surface area contributed by atoms with E-state index >= 15 is 0 Å². The van der Waals surface area contributed by atoms with Crippen molar-refractivity contribution in [2.75, 3.05) is 11.9 Å². The van der Waals surface area contributed by atoms with Gasteiger partial charge in [0.15, 0.2) is 0 Å². The number of aromatic carboxylic acids is 1. The number of anilines is 1. The molecule has 0 saturated carbocycles. The first-order chi connectivity index (χ1) is 9.25. The molecule has 3 N–H and O–H groups in total. The molecule has 0 fully saturated rings. The Morgan fingerprint density at radius 1 is 1.50 bits per heavy atom. The van der Waals surface area contributed by atoms with Crippen molar-refractivity contribution in [3.05, 3.63) is 28.8 Å². The molecule has 20 heavy (non-hydrogen) atoms. The summed E-state index contributed by atoms with van der Waals surface area (Å²) in [5, 5.41) is 11.3. The predicted octanol–water partition coefficient (Wildman–Crippen LogP) is 2.05. The number of ether oxygens (including phenoxy) is 1. The Morgan fingerprint density at radius 3 is 2.65 bits per heavy atom. The molecule has 1 aromatic rings. The minimum atomic E-state index is -4.49. The molecule has 0 spiro atoms. The summed E-state index contributed by atoms with van der Waals surface area (Å²) < 4.78 is 36.3. The standard InChI is InChI=1S/C11H14ClNO6S/c1-2-5-19-11(20(16,17)18)13-7-3-4-9(12)8(6-7)10(14)15/h3-4,6,11,13H,2,5H2,1H3,(H,14,15)(H,16,17,18). The van der Waals surface area contributed by atoms with Crippen molar-refractivity contribution < 1.29 is 27.6 Å². The predicted molar refractivity (Wildman–Crippen MR) is 73.6 cm³/mol. The van der Waals surface area contributed by atoms with Crippen molar-refractivity contribution in [3.63, 3.8) is 0 Å². The smallest absolute Gasteiger partial charge is 0.337 e. The minimum absolute atomic E-state index is 0.0148. The molecule has 0 aromatic heterocycles. The van der Waals surface area contributed by atoms with Gasteiger partial charge in [-0.05, 0) is 24.6 Å². The van der Waals surface area contributed by atoms with E-state index in [0.29, 0.717) is 6.42 Å². The van der Waals surface area contributed by atoms with Crippen molar-refractivity contribution in [2.45, 2.75) is 18.9 Å². The molecule has 1 unspecified atom stereocenters. The van der Waals surface area contributed by atoms with E-state index in [9.17, 15) is 13.2 Å². The number of halogens is 1. The van der Waals surface area contributed by atoms with Crippen LogP contribution in [0.1, 0.15) is 23.7 Å². The average Bonchev–Trinajstić information content (AvgIpc) is 2.34. The zero-order valence-electron chi connectivity index (χ0n) is 10.5. The zero-order valence-corrected chi connectivity index (χ0v) is 12.1.